The van der Waals surface area contributed by atoms with Crippen molar-refractivity contribution in [2.45, 2.75) is 45.7 Å². The van der Waals surface area contributed by atoms with Gasteiger partial charge >= 0.3 is 5.76 Å². The first-order valence-corrected chi connectivity index (χ1v) is 11.1. The van der Waals surface area contributed by atoms with Crippen molar-refractivity contribution >= 4 is 17.8 Å². The molecule has 0 aliphatic heterocycles. The van der Waals surface area contributed by atoms with Crippen LogP contribution in [0.1, 0.15) is 37.3 Å². The number of carbonyl (C=O) groups is 2. The van der Waals surface area contributed by atoms with Crippen molar-refractivity contribution < 1.29 is 14.0 Å². The fraction of sp³-hybridized carbons (Fsp3) is 0.308. The predicted molar refractivity (Wildman–Crippen MR) is 126 cm³/mol. The van der Waals surface area contributed by atoms with E-state index in [1.54, 1.807) is 6.08 Å². The summed E-state index contributed by atoms with van der Waals surface area (Å²) < 4.78 is 6.24. The van der Waals surface area contributed by atoms with Gasteiger partial charge in [-0.1, -0.05) is 74.5 Å². The molecule has 3 rings (SSSR count). The minimum Gasteiger partial charge on any atom is -0.392 e. The van der Waals surface area contributed by atoms with Crippen molar-refractivity contribution in [2.24, 2.45) is 5.92 Å². The molecule has 1 atom stereocenters. The van der Waals surface area contributed by atoms with E-state index in [4.69, 9.17) is 4.42 Å². The van der Waals surface area contributed by atoms with Crippen LogP contribution < -0.4 is 11.1 Å². The fourth-order valence-corrected chi connectivity index (χ4v) is 3.40. The SMILES string of the molecule is CC(C)CC(NC(=O)/C=C/c1ccccc1)C(=O)Cn1nc(CCc2ccccc2)oc1=O. The Morgan fingerprint density at radius 1 is 1.03 bits per heavy atom. The molecular weight excluding hydrogens is 418 g/mol. The highest BCUT2D eigenvalue weighted by Crippen LogP contribution is 2.08. The third-order valence-corrected chi connectivity index (χ3v) is 5.06. The van der Waals surface area contributed by atoms with Crippen LogP contribution in [-0.4, -0.2) is 27.5 Å². The number of carbonyl (C=O) groups excluding carboxylic acids is 2. The summed E-state index contributed by atoms with van der Waals surface area (Å²) in [5.74, 6) is -0.881. The predicted octanol–water partition coefficient (Wildman–Crippen LogP) is 3.43. The molecule has 0 aliphatic carbocycles. The fourth-order valence-electron chi connectivity index (χ4n) is 3.40. The van der Waals surface area contributed by atoms with Gasteiger partial charge in [-0.25, -0.2) is 4.79 Å². The van der Waals surface area contributed by atoms with E-state index in [1.807, 2.05) is 74.5 Å². The second kappa shape index (κ2) is 11.8. The van der Waals surface area contributed by atoms with Gasteiger partial charge in [0.2, 0.25) is 11.8 Å². The molecule has 0 fully saturated rings. The molecule has 0 saturated carbocycles. The third-order valence-electron chi connectivity index (χ3n) is 5.06. The van der Waals surface area contributed by atoms with Crippen LogP contribution in [0.2, 0.25) is 0 Å². The van der Waals surface area contributed by atoms with Crippen LogP contribution in [0.15, 0.2) is 76.0 Å². The Hall–Kier alpha value is -3.74. The minimum absolute atomic E-state index is 0.174. The molecule has 1 unspecified atom stereocenters. The van der Waals surface area contributed by atoms with Crippen molar-refractivity contribution in [2.75, 3.05) is 0 Å². The number of hydrogen-bond donors (Lipinski definition) is 1. The lowest BCUT2D eigenvalue weighted by Gasteiger charge is -2.18. The highest BCUT2D eigenvalue weighted by molar-refractivity contribution is 5.96. The normalized spacial score (nSPS) is 12.2. The topological polar surface area (TPSA) is 94.2 Å². The first kappa shape index (κ1) is 23.9. The van der Waals surface area contributed by atoms with Gasteiger partial charge < -0.3 is 9.73 Å². The molecule has 0 radical (unpaired) electrons. The third kappa shape index (κ3) is 7.71. The largest absolute Gasteiger partial charge is 0.437 e. The molecule has 7 heteroatoms. The van der Waals surface area contributed by atoms with Crippen molar-refractivity contribution in [3.8, 4) is 0 Å². The quantitative estimate of drug-likeness (QED) is 0.455. The van der Waals surface area contributed by atoms with E-state index in [9.17, 15) is 14.4 Å². The zero-order valence-electron chi connectivity index (χ0n) is 18.9. The molecule has 7 nitrogen and oxygen atoms in total. The molecule has 172 valence electrons. The zero-order chi connectivity index (χ0) is 23.6. The number of Topliss-reactive ketones (excluding diaryl/α,β-unsaturated/α-hetero) is 1. The van der Waals surface area contributed by atoms with Crippen LogP contribution in [0.25, 0.3) is 6.08 Å². The van der Waals surface area contributed by atoms with Gasteiger partial charge in [0.1, 0.15) is 6.54 Å². The standard InChI is InChI=1S/C26H29N3O4/c1-19(2)17-22(27-24(31)15-13-20-9-5-3-6-10-20)23(30)18-29-26(32)33-25(28-29)16-14-21-11-7-4-8-12-21/h3-13,15,19,22H,14,16-18H2,1-2H3,(H,27,31)/b15-13+. The van der Waals surface area contributed by atoms with Gasteiger partial charge in [0.05, 0.1) is 6.04 Å². The Kier molecular flexibility index (Phi) is 8.52. The summed E-state index contributed by atoms with van der Waals surface area (Å²) in [6, 6.07) is 18.5. The molecule has 33 heavy (non-hydrogen) atoms. The van der Waals surface area contributed by atoms with E-state index in [0.29, 0.717) is 19.3 Å². The molecule has 1 amide bonds. The molecule has 1 heterocycles. The summed E-state index contributed by atoms with van der Waals surface area (Å²) >= 11 is 0. The van der Waals surface area contributed by atoms with Crippen LogP contribution in [-0.2, 0) is 29.0 Å². The summed E-state index contributed by atoms with van der Waals surface area (Å²) in [4.78, 5) is 37.5. The van der Waals surface area contributed by atoms with E-state index in [2.05, 4.69) is 10.4 Å². The molecule has 1 aromatic heterocycles. The average molecular weight is 448 g/mol. The molecule has 0 bridgehead atoms. The first-order valence-electron chi connectivity index (χ1n) is 11.1. The molecule has 0 saturated heterocycles. The second-order valence-electron chi connectivity index (χ2n) is 8.31. The van der Waals surface area contributed by atoms with Crippen LogP contribution >= 0.6 is 0 Å². The van der Waals surface area contributed by atoms with Gasteiger partial charge in [0, 0.05) is 12.5 Å². The summed E-state index contributed by atoms with van der Waals surface area (Å²) in [6.45, 7) is 3.68. The summed E-state index contributed by atoms with van der Waals surface area (Å²) in [7, 11) is 0. The Balaban J connectivity index is 1.62. The molecular formula is C26H29N3O4. The number of nitrogens with one attached hydrogen (secondary N) is 1. The van der Waals surface area contributed by atoms with Gasteiger partial charge in [0.15, 0.2) is 5.78 Å². The van der Waals surface area contributed by atoms with Crippen LogP contribution in [0, 0.1) is 5.92 Å². The van der Waals surface area contributed by atoms with E-state index < -0.39 is 11.8 Å². The molecule has 0 aliphatic rings. The van der Waals surface area contributed by atoms with Crippen LogP contribution in [0.4, 0.5) is 0 Å². The summed E-state index contributed by atoms with van der Waals surface area (Å²) in [5, 5.41) is 6.93. The highest BCUT2D eigenvalue weighted by Gasteiger charge is 2.23. The molecule has 3 aromatic rings. The lowest BCUT2D eigenvalue weighted by Crippen LogP contribution is -2.43. The smallest absolute Gasteiger partial charge is 0.392 e. The number of rotatable bonds is 11. The Bertz CT molecular complexity index is 1130. The van der Waals surface area contributed by atoms with Crippen LogP contribution in [0.5, 0.6) is 0 Å². The van der Waals surface area contributed by atoms with Gasteiger partial charge in [-0.05, 0) is 36.0 Å². The number of ketones is 1. The molecule has 2 aromatic carbocycles. The van der Waals surface area contributed by atoms with Crippen molar-refractivity contribution in [1.29, 1.82) is 0 Å². The van der Waals surface area contributed by atoms with E-state index in [-0.39, 0.29) is 30.0 Å². The Morgan fingerprint density at radius 3 is 2.36 bits per heavy atom. The lowest BCUT2D eigenvalue weighted by atomic mass is 10.00. The maximum atomic E-state index is 12.9. The summed E-state index contributed by atoms with van der Waals surface area (Å²) in [5.41, 5.74) is 1.99. The molecule has 0 spiro atoms. The van der Waals surface area contributed by atoms with Gasteiger partial charge in [-0.2, -0.15) is 4.68 Å². The lowest BCUT2D eigenvalue weighted by molar-refractivity contribution is -0.126. The maximum absolute atomic E-state index is 12.9. The monoisotopic (exact) mass is 447 g/mol. The minimum atomic E-state index is -0.728. The number of aromatic nitrogens is 2. The number of nitrogens with zero attached hydrogens (tertiary/aromatic N) is 2. The first-order chi connectivity index (χ1) is 15.9. The number of aryl methyl sites for hydroxylation is 2. The highest BCUT2D eigenvalue weighted by atomic mass is 16.4. The average Bonchev–Trinajstić information content (AvgIpc) is 3.16. The maximum Gasteiger partial charge on any atom is 0.437 e. The van der Waals surface area contributed by atoms with Crippen molar-refractivity contribution in [3.63, 3.8) is 0 Å². The van der Waals surface area contributed by atoms with Crippen LogP contribution in [0.3, 0.4) is 0 Å². The number of benzene rings is 2. The van der Waals surface area contributed by atoms with Crippen molar-refractivity contribution in [1.82, 2.24) is 15.1 Å². The van der Waals surface area contributed by atoms with Crippen molar-refractivity contribution in [3.05, 3.63) is 94.3 Å². The second-order valence-corrected chi connectivity index (χ2v) is 8.31. The van der Waals surface area contributed by atoms with E-state index in [1.165, 1.54) is 6.08 Å². The zero-order valence-corrected chi connectivity index (χ0v) is 18.9. The van der Waals surface area contributed by atoms with E-state index >= 15 is 0 Å². The van der Waals surface area contributed by atoms with Gasteiger partial charge in [-0.15, -0.1) is 5.10 Å². The number of amides is 1. The Labute approximate surface area is 193 Å². The van der Waals surface area contributed by atoms with Gasteiger partial charge in [0.25, 0.3) is 0 Å². The Morgan fingerprint density at radius 2 is 1.70 bits per heavy atom. The summed E-state index contributed by atoms with van der Waals surface area (Å²) in [6.07, 6.45) is 4.68. The molecule has 1 N–H and O–H groups in total. The van der Waals surface area contributed by atoms with E-state index in [0.717, 1.165) is 15.8 Å². The van der Waals surface area contributed by atoms with Gasteiger partial charge in [-0.3, -0.25) is 9.59 Å². The number of hydrogen-bond acceptors (Lipinski definition) is 5.